The Hall–Kier alpha value is -2.49. The Morgan fingerprint density at radius 3 is 2.44 bits per heavy atom. The fourth-order valence-electron chi connectivity index (χ4n) is 2.98. The van der Waals surface area contributed by atoms with Crippen LogP contribution in [0, 0.1) is 11.3 Å². The third-order valence-electron chi connectivity index (χ3n) is 3.92. The minimum absolute atomic E-state index is 0.479. The molecule has 0 amide bonds. The van der Waals surface area contributed by atoms with Crippen LogP contribution in [-0.4, -0.2) is 19.2 Å². The Labute approximate surface area is 151 Å². The molecule has 5 nitrogen and oxygen atoms in total. The van der Waals surface area contributed by atoms with Gasteiger partial charge in [0.15, 0.2) is 0 Å². The molecule has 0 saturated carbocycles. The number of aromatic nitrogens is 1. The maximum Gasteiger partial charge on any atom is 0.229 e. The molecule has 1 N–H and O–H groups in total. The number of nitrogens with one attached hydrogen (secondary N) is 1. The zero-order valence-electron chi connectivity index (χ0n) is 13.7. The molecule has 0 aliphatic heterocycles. The smallest absolute Gasteiger partial charge is 0.229 e. The lowest BCUT2D eigenvalue weighted by Crippen LogP contribution is -2.09. The zero-order valence-corrected chi connectivity index (χ0v) is 15.3. The second-order valence-electron chi connectivity index (χ2n) is 5.69. The highest BCUT2D eigenvalue weighted by Gasteiger charge is 2.18. The van der Waals surface area contributed by atoms with Gasteiger partial charge in [0, 0.05) is 28.2 Å². The van der Waals surface area contributed by atoms with Gasteiger partial charge in [-0.2, -0.15) is 5.26 Å². The number of fused-ring (bicyclic) bond motifs is 1. The van der Waals surface area contributed by atoms with Crippen LogP contribution in [0.25, 0.3) is 22.2 Å². The molecule has 0 bridgehead atoms. The molecule has 1 heterocycles. The highest BCUT2D eigenvalue weighted by molar-refractivity contribution is 7.92. The van der Waals surface area contributed by atoms with Gasteiger partial charge in [-0.05, 0) is 42.8 Å². The third kappa shape index (κ3) is 3.34. The third-order valence-corrected chi connectivity index (χ3v) is 4.76. The first kappa shape index (κ1) is 17.3. The predicted octanol–water partition coefficient (Wildman–Crippen LogP) is 4.22. The van der Waals surface area contributed by atoms with Crippen LogP contribution in [-0.2, 0) is 16.6 Å². The van der Waals surface area contributed by atoms with E-state index in [9.17, 15) is 13.7 Å². The zero-order chi connectivity index (χ0) is 18.2. The number of anilines is 1. The van der Waals surface area contributed by atoms with Crippen LogP contribution in [0.5, 0.6) is 0 Å². The quantitative estimate of drug-likeness (QED) is 0.743. The van der Waals surface area contributed by atoms with E-state index in [0.717, 1.165) is 28.4 Å². The number of aryl methyl sites for hydroxylation is 1. The van der Waals surface area contributed by atoms with E-state index in [1.165, 1.54) is 0 Å². The molecule has 128 valence electrons. The largest absolute Gasteiger partial charge is 0.340 e. The second-order valence-corrected chi connectivity index (χ2v) is 7.88. The van der Waals surface area contributed by atoms with Crippen molar-refractivity contribution >= 4 is 38.2 Å². The summed E-state index contributed by atoms with van der Waals surface area (Å²) in [5.41, 5.74) is 3.62. The Bertz CT molecular complexity index is 1090. The van der Waals surface area contributed by atoms with Crippen LogP contribution in [0.1, 0.15) is 12.5 Å². The van der Waals surface area contributed by atoms with Gasteiger partial charge in [0.2, 0.25) is 10.0 Å². The van der Waals surface area contributed by atoms with Crippen molar-refractivity contribution in [2.45, 2.75) is 13.5 Å². The fraction of sp³-hybridized carbons (Fsp3) is 0.167. The molecule has 7 heteroatoms. The highest BCUT2D eigenvalue weighted by atomic mass is 35.5. The summed E-state index contributed by atoms with van der Waals surface area (Å²) in [6.07, 6.45) is 1.10. The summed E-state index contributed by atoms with van der Waals surface area (Å²) < 4.78 is 27.2. The number of benzene rings is 2. The second kappa shape index (κ2) is 6.43. The van der Waals surface area contributed by atoms with Gasteiger partial charge in [-0.3, -0.25) is 4.72 Å². The summed E-state index contributed by atoms with van der Waals surface area (Å²) in [7, 11) is -3.33. The first-order chi connectivity index (χ1) is 11.8. The number of halogens is 1. The van der Waals surface area contributed by atoms with Crippen LogP contribution < -0.4 is 4.72 Å². The standard InChI is InChI=1S/C18H16ClN3O2S/c1-3-22-17-9-6-13(19)10-15(17)16(11-20)18(22)12-4-7-14(8-5-12)21-25(2,23)24/h4-10,21H,3H2,1-2H3. The maximum atomic E-state index is 11.3. The van der Waals surface area contributed by atoms with Gasteiger partial charge in [-0.1, -0.05) is 23.7 Å². The van der Waals surface area contributed by atoms with Gasteiger partial charge >= 0.3 is 0 Å². The van der Waals surface area contributed by atoms with Crippen LogP contribution in [0.15, 0.2) is 42.5 Å². The van der Waals surface area contributed by atoms with Gasteiger partial charge in [-0.15, -0.1) is 0 Å². The van der Waals surface area contributed by atoms with Crippen molar-refractivity contribution in [2.24, 2.45) is 0 Å². The lowest BCUT2D eigenvalue weighted by Gasteiger charge is -2.10. The van der Waals surface area contributed by atoms with Crippen LogP contribution in [0.4, 0.5) is 5.69 Å². The molecule has 3 rings (SSSR count). The topological polar surface area (TPSA) is 74.9 Å². The number of rotatable bonds is 4. The number of nitrogens with zero attached hydrogens (tertiary/aromatic N) is 2. The number of sulfonamides is 1. The molecule has 0 atom stereocenters. The summed E-state index contributed by atoms with van der Waals surface area (Å²) in [6, 6.07) is 14.8. The molecule has 3 aromatic rings. The van der Waals surface area contributed by atoms with Crippen molar-refractivity contribution in [3.8, 4) is 17.3 Å². The summed E-state index contributed by atoms with van der Waals surface area (Å²) in [4.78, 5) is 0. The molecule has 0 aliphatic carbocycles. The first-order valence-corrected chi connectivity index (χ1v) is 9.91. The average Bonchev–Trinajstić information content (AvgIpc) is 2.86. The molecule has 0 radical (unpaired) electrons. The molecule has 0 unspecified atom stereocenters. The molecule has 0 spiro atoms. The minimum atomic E-state index is -3.33. The van der Waals surface area contributed by atoms with Gasteiger partial charge < -0.3 is 4.57 Å². The summed E-state index contributed by atoms with van der Waals surface area (Å²) in [6.45, 7) is 2.71. The Balaban J connectivity index is 2.20. The SMILES string of the molecule is CCn1c(-c2ccc(NS(C)(=O)=O)cc2)c(C#N)c2cc(Cl)ccc21. The van der Waals surface area contributed by atoms with E-state index in [0.29, 0.717) is 22.8 Å². The summed E-state index contributed by atoms with van der Waals surface area (Å²) in [5, 5.41) is 11.1. The first-order valence-electron chi connectivity index (χ1n) is 7.64. The fourth-order valence-corrected chi connectivity index (χ4v) is 3.72. The Kier molecular flexibility index (Phi) is 4.46. The summed E-state index contributed by atoms with van der Waals surface area (Å²) >= 11 is 6.10. The van der Waals surface area contributed by atoms with E-state index in [4.69, 9.17) is 11.6 Å². The van der Waals surface area contributed by atoms with Crippen molar-refractivity contribution in [3.63, 3.8) is 0 Å². The molecular weight excluding hydrogens is 358 g/mol. The molecule has 0 fully saturated rings. The number of hydrogen-bond acceptors (Lipinski definition) is 3. The number of nitriles is 1. The predicted molar refractivity (Wildman–Crippen MR) is 101 cm³/mol. The van der Waals surface area contributed by atoms with E-state index >= 15 is 0 Å². The molecule has 2 aromatic carbocycles. The molecule has 25 heavy (non-hydrogen) atoms. The normalized spacial score (nSPS) is 11.4. The van der Waals surface area contributed by atoms with Gasteiger partial charge in [-0.25, -0.2) is 8.42 Å². The van der Waals surface area contributed by atoms with Gasteiger partial charge in [0.1, 0.15) is 6.07 Å². The van der Waals surface area contributed by atoms with E-state index in [2.05, 4.69) is 15.4 Å². The van der Waals surface area contributed by atoms with E-state index in [1.54, 1.807) is 36.4 Å². The highest BCUT2D eigenvalue weighted by Crippen LogP contribution is 2.35. The van der Waals surface area contributed by atoms with Crippen LogP contribution in [0.3, 0.4) is 0 Å². The van der Waals surface area contributed by atoms with Crippen LogP contribution in [0.2, 0.25) is 5.02 Å². The van der Waals surface area contributed by atoms with Crippen molar-refractivity contribution in [3.05, 3.63) is 53.1 Å². The Morgan fingerprint density at radius 1 is 1.20 bits per heavy atom. The monoisotopic (exact) mass is 373 g/mol. The molecule has 0 saturated heterocycles. The minimum Gasteiger partial charge on any atom is -0.340 e. The van der Waals surface area contributed by atoms with Crippen LogP contribution >= 0.6 is 11.6 Å². The summed E-state index contributed by atoms with van der Waals surface area (Å²) in [5.74, 6) is 0. The Morgan fingerprint density at radius 2 is 1.88 bits per heavy atom. The maximum absolute atomic E-state index is 11.3. The van der Waals surface area contributed by atoms with Gasteiger partial charge in [0.05, 0.1) is 17.5 Å². The number of hydrogen-bond donors (Lipinski definition) is 1. The van der Waals surface area contributed by atoms with E-state index in [1.807, 2.05) is 13.0 Å². The molecule has 0 aliphatic rings. The lowest BCUT2D eigenvalue weighted by molar-refractivity contribution is 0.607. The van der Waals surface area contributed by atoms with Crippen molar-refractivity contribution in [1.29, 1.82) is 5.26 Å². The van der Waals surface area contributed by atoms with E-state index in [-0.39, 0.29) is 0 Å². The molecular formula is C18H16ClN3O2S. The molecule has 1 aromatic heterocycles. The lowest BCUT2D eigenvalue weighted by atomic mass is 10.1. The van der Waals surface area contributed by atoms with Gasteiger partial charge in [0.25, 0.3) is 0 Å². The van der Waals surface area contributed by atoms with E-state index < -0.39 is 10.0 Å². The van der Waals surface area contributed by atoms with Crippen molar-refractivity contribution in [2.75, 3.05) is 11.0 Å². The van der Waals surface area contributed by atoms with Crippen molar-refractivity contribution in [1.82, 2.24) is 4.57 Å². The average molecular weight is 374 g/mol. The van der Waals surface area contributed by atoms with Crippen molar-refractivity contribution < 1.29 is 8.42 Å².